The van der Waals surface area contributed by atoms with E-state index in [2.05, 4.69) is 20.6 Å². The van der Waals surface area contributed by atoms with Gasteiger partial charge >= 0.3 is 0 Å². The smallest absolute Gasteiger partial charge is 0.225 e. The molecule has 2 aromatic rings. The highest BCUT2D eigenvalue weighted by Crippen LogP contribution is 2.28. The van der Waals surface area contributed by atoms with E-state index in [1.54, 1.807) is 12.1 Å². The van der Waals surface area contributed by atoms with Gasteiger partial charge in [0.2, 0.25) is 5.95 Å². The molecule has 1 aromatic heterocycles. The third-order valence-corrected chi connectivity index (χ3v) is 3.51. The molecule has 1 aromatic carbocycles. The summed E-state index contributed by atoms with van der Waals surface area (Å²) >= 11 is 12.0. The molecule has 1 heterocycles. The Hall–Kier alpha value is -1.52. The van der Waals surface area contributed by atoms with Crippen molar-refractivity contribution in [2.45, 2.75) is 25.8 Å². The molecule has 20 heavy (non-hydrogen) atoms. The molecule has 0 spiro atoms. The number of anilines is 3. The summed E-state index contributed by atoms with van der Waals surface area (Å²) in [6, 6.07) is 7.71. The number of hydrogen-bond donors (Lipinski definition) is 2. The predicted molar refractivity (Wildman–Crippen MR) is 83.2 cm³/mol. The van der Waals surface area contributed by atoms with Crippen molar-refractivity contribution in [1.29, 1.82) is 0 Å². The van der Waals surface area contributed by atoms with Gasteiger partial charge in [-0.05, 0) is 38.0 Å². The van der Waals surface area contributed by atoms with Crippen molar-refractivity contribution in [3.63, 3.8) is 0 Å². The molecule has 6 heteroatoms. The van der Waals surface area contributed by atoms with E-state index >= 15 is 0 Å². The topological polar surface area (TPSA) is 49.8 Å². The number of benzene rings is 1. The van der Waals surface area contributed by atoms with E-state index in [1.165, 1.54) is 12.8 Å². The minimum absolute atomic E-state index is 0.517. The summed E-state index contributed by atoms with van der Waals surface area (Å²) in [5, 5.41) is 7.65. The molecule has 2 N–H and O–H groups in total. The molecule has 0 amide bonds. The van der Waals surface area contributed by atoms with E-state index < -0.39 is 0 Å². The second-order valence-electron chi connectivity index (χ2n) is 4.89. The van der Waals surface area contributed by atoms with E-state index in [-0.39, 0.29) is 0 Å². The molecule has 0 unspecified atom stereocenters. The summed E-state index contributed by atoms with van der Waals surface area (Å²) in [5.41, 5.74) is 1.67. The third-order valence-electron chi connectivity index (χ3n) is 2.96. The van der Waals surface area contributed by atoms with Gasteiger partial charge in [0.25, 0.3) is 0 Å². The highest BCUT2D eigenvalue weighted by molar-refractivity contribution is 6.36. The Labute approximate surface area is 127 Å². The monoisotopic (exact) mass is 308 g/mol. The molecule has 0 radical (unpaired) electrons. The quantitative estimate of drug-likeness (QED) is 0.878. The molecule has 0 bridgehead atoms. The van der Waals surface area contributed by atoms with E-state index in [0.717, 1.165) is 11.4 Å². The molecule has 0 atom stereocenters. The van der Waals surface area contributed by atoms with Gasteiger partial charge in [-0.2, -0.15) is 4.98 Å². The van der Waals surface area contributed by atoms with Gasteiger partial charge in [-0.3, -0.25) is 0 Å². The first-order valence-electron chi connectivity index (χ1n) is 6.44. The molecular formula is C14H14Cl2N4. The maximum atomic E-state index is 6.15. The van der Waals surface area contributed by atoms with E-state index in [9.17, 15) is 0 Å². The Morgan fingerprint density at radius 2 is 1.95 bits per heavy atom. The number of aromatic nitrogens is 2. The molecule has 1 saturated carbocycles. The number of rotatable bonds is 4. The second kappa shape index (κ2) is 5.46. The van der Waals surface area contributed by atoms with Gasteiger partial charge in [0, 0.05) is 22.8 Å². The SMILES string of the molecule is Cc1cc(Nc2ccc(Cl)cc2Cl)nc(NC2CC2)n1. The van der Waals surface area contributed by atoms with Gasteiger partial charge < -0.3 is 10.6 Å². The van der Waals surface area contributed by atoms with Gasteiger partial charge in [-0.1, -0.05) is 23.2 Å². The first-order valence-corrected chi connectivity index (χ1v) is 7.20. The van der Waals surface area contributed by atoms with Gasteiger partial charge in [0.15, 0.2) is 0 Å². The van der Waals surface area contributed by atoms with Crippen LogP contribution in [-0.4, -0.2) is 16.0 Å². The van der Waals surface area contributed by atoms with E-state index in [4.69, 9.17) is 23.2 Å². The lowest BCUT2D eigenvalue weighted by molar-refractivity contribution is 1.03. The van der Waals surface area contributed by atoms with Crippen molar-refractivity contribution in [1.82, 2.24) is 9.97 Å². The molecule has 1 aliphatic carbocycles. The van der Waals surface area contributed by atoms with Crippen LogP contribution in [0.4, 0.5) is 17.5 Å². The molecule has 1 aliphatic rings. The summed E-state index contributed by atoms with van der Waals surface area (Å²) in [7, 11) is 0. The van der Waals surface area contributed by atoms with Crippen LogP contribution in [0.3, 0.4) is 0 Å². The van der Waals surface area contributed by atoms with Crippen LogP contribution in [-0.2, 0) is 0 Å². The van der Waals surface area contributed by atoms with Crippen LogP contribution >= 0.6 is 23.2 Å². The molecule has 0 aliphatic heterocycles. The third kappa shape index (κ3) is 3.32. The zero-order valence-corrected chi connectivity index (χ0v) is 12.5. The lowest BCUT2D eigenvalue weighted by Gasteiger charge is -2.10. The van der Waals surface area contributed by atoms with Crippen molar-refractivity contribution < 1.29 is 0 Å². The van der Waals surface area contributed by atoms with Gasteiger partial charge in [-0.15, -0.1) is 0 Å². The predicted octanol–water partition coefficient (Wildman–Crippen LogP) is 4.41. The fourth-order valence-corrected chi connectivity index (χ4v) is 2.29. The van der Waals surface area contributed by atoms with Crippen molar-refractivity contribution in [3.05, 3.63) is 40.0 Å². The van der Waals surface area contributed by atoms with Crippen molar-refractivity contribution in [2.24, 2.45) is 0 Å². The molecule has 1 fully saturated rings. The van der Waals surface area contributed by atoms with E-state index in [1.807, 2.05) is 19.1 Å². The first kappa shape index (κ1) is 13.5. The average Bonchev–Trinajstić information content (AvgIpc) is 3.16. The number of nitrogens with zero attached hydrogens (tertiary/aromatic N) is 2. The van der Waals surface area contributed by atoms with Crippen LogP contribution < -0.4 is 10.6 Å². The van der Waals surface area contributed by atoms with Crippen molar-refractivity contribution in [3.8, 4) is 0 Å². The average molecular weight is 309 g/mol. The zero-order valence-electron chi connectivity index (χ0n) is 11.0. The summed E-state index contributed by atoms with van der Waals surface area (Å²) in [4.78, 5) is 8.82. The first-order chi connectivity index (χ1) is 9.60. The second-order valence-corrected chi connectivity index (χ2v) is 5.73. The number of halogens is 2. The normalized spacial score (nSPS) is 14.2. The van der Waals surface area contributed by atoms with Crippen LogP contribution in [0.25, 0.3) is 0 Å². The Balaban J connectivity index is 1.83. The summed E-state index contributed by atoms with van der Waals surface area (Å²) in [6.45, 7) is 1.94. The van der Waals surface area contributed by atoms with Gasteiger partial charge in [-0.25, -0.2) is 4.98 Å². The largest absolute Gasteiger partial charge is 0.351 e. The minimum Gasteiger partial charge on any atom is -0.351 e. The fourth-order valence-electron chi connectivity index (χ4n) is 1.84. The zero-order chi connectivity index (χ0) is 14.1. The number of nitrogens with one attached hydrogen (secondary N) is 2. The Morgan fingerprint density at radius 1 is 1.15 bits per heavy atom. The van der Waals surface area contributed by atoms with Crippen molar-refractivity contribution >= 4 is 40.7 Å². The lowest BCUT2D eigenvalue weighted by atomic mass is 10.3. The number of hydrogen-bond acceptors (Lipinski definition) is 4. The summed E-state index contributed by atoms with van der Waals surface area (Å²) in [5.74, 6) is 1.37. The molecule has 3 rings (SSSR count). The summed E-state index contributed by atoms with van der Waals surface area (Å²) in [6.07, 6.45) is 2.37. The maximum Gasteiger partial charge on any atom is 0.225 e. The lowest BCUT2D eigenvalue weighted by Crippen LogP contribution is -2.07. The van der Waals surface area contributed by atoms with Crippen LogP contribution in [0, 0.1) is 6.92 Å². The maximum absolute atomic E-state index is 6.15. The molecule has 4 nitrogen and oxygen atoms in total. The van der Waals surface area contributed by atoms with Crippen LogP contribution in [0.15, 0.2) is 24.3 Å². The molecular weight excluding hydrogens is 295 g/mol. The van der Waals surface area contributed by atoms with Crippen molar-refractivity contribution in [2.75, 3.05) is 10.6 Å². The highest BCUT2D eigenvalue weighted by atomic mass is 35.5. The Kier molecular flexibility index (Phi) is 3.68. The van der Waals surface area contributed by atoms with Crippen LogP contribution in [0.1, 0.15) is 18.5 Å². The van der Waals surface area contributed by atoms with Gasteiger partial charge in [0.1, 0.15) is 5.82 Å². The van der Waals surface area contributed by atoms with E-state index in [0.29, 0.717) is 27.9 Å². The number of aryl methyl sites for hydroxylation is 1. The molecule has 0 saturated heterocycles. The van der Waals surface area contributed by atoms with Crippen LogP contribution in [0.5, 0.6) is 0 Å². The van der Waals surface area contributed by atoms with Gasteiger partial charge in [0.05, 0.1) is 10.7 Å². The Bertz CT molecular complexity index is 641. The summed E-state index contributed by atoms with van der Waals surface area (Å²) < 4.78 is 0. The standard InChI is InChI=1S/C14H14Cl2N4/c1-8-6-13(20-14(17-8)18-10-3-4-10)19-12-5-2-9(15)7-11(12)16/h2,5-7,10H,3-4H2,1H3,(H2,17,18,19,20). The minimum atomic E-state index is 0.517. The van der Waals surface area contributed by atoms with Crippen LogP contribution in [0.2, 0.25) is 10.0 Å². The molecule has 104 valence electrons. The Morgan fingerprint density at radius 3 is 2.65 bits per heavy atom. The highest BCUT2D eigenvalue weighted by Gasteiger charge is 2.22. The fraction of sp³-hybridized carbons (Fsp3) is 0.286.